The van der Waals surface area contributed by atoms with Crippen LogP contribution in [0.15, 0.2) is 42.5 Å². The van der Waals surface area contributed by atoms with Crippen LogP contribution in [0, 0.1) is 0 Å². The number of aromatic hydroxyl groups is 1. The van der Waals surface area contributed by atoms with Gasteiger partial charge in [0.15, 0.2) is 0 Å². The molecule has 2 rings (SSSR count). The molecule has 0 amide bonds. The second-order valence-electron chi connectivity index (χ2n) is 3.96. The first-order chi connectivity index (χ1) is 8.91. The normalized spacial score (nSPS) is 11.4. The predicted octanol–water partition coefficient (Wildman–Crippen LogP) is 4.09. The molecule has 0 aliphatic rings. The van der Waals surface area contributed by atoms with E-state index in [9.17, 15) is 18.3 Å². The van der Waals surface area contributed by atoms with Gasteiger partial charge < -0.3 is 9.84 Å². The van der Waals surface area contributed by atoms with Crippen LogP contribution in [-0.4, -0.2) is 12.2 Å². The lowest BCUT2D eigenvalue weighted by Gasteiger charge is -2.12. The van der Waals surface area contributed by atoms with E-state index in [2.05, 4.69) is 0 Å². The Labute approximate surface area is 108 Å². The molecule has 1 N–H and O–H groups in total. The molecular weight excluding hydrogens is 257 g/mol. The molecule has 100 valence electrons. The molecule has 0 aromatic heterocycles. The molecule has 0 radical (unpaired) electrons. The lowest BCUT2D eigenvalue weighted by Crippen LogP contribution is -2.05. The molecule has 0 saturated carbocycles. The third-order valence-corrected chi connectivity index (χ3v) is 2.71. The maximum atomic E-state index is 12.6. The summed E-state index contributed by atoms with van der Waals surface area (Å²) in [6, 6.07) is 9.47. The van der Waals surface area contributed by atoms with E-state index in [1.807, 2.05) is 0 Å². The van der Waals surface area contributed by atoms with Crippen molar-refractivity contribution in [2.75, 3.05) is 7.11 Å². The summed E-state index contributed by atoms with van der Waals surface area (Å²) in [7, 11) is 1.32. The lowest BCUT2D eigenvalue weighted by molar-refractivity contribution is -0.137. The van der Waals surface area contributed by atoms with Crippen molar-refractivity contribution < 1.29 is 23.0 Å². The third kappa shape index (κ3) is 2.81. The molecule has 0 atom stereocenters. The van der Waals surface area contributed by atoms with Crippen molar-refractivity contribution in [1.82, 2.24) is 0 Å². The number of phenolic OH excluding ortho intramolecular Hbond substituents is 1. The molecule has 0 bridgehead atoms. The zero-order chi connectivity index (χ0) is 14.0. The van der Waals surface area contributed by atoms with Crippen LogP contribution in [0.2, 0.25) is 0 Å². The summed E-state index contributed by atoms with van der Waals surface area (Å²) >= 11 is 0. The molecule has 2 aromatic carbocycles. The molecule has 0 unspecified atom stereocenters. The minimum absolute atomic E-state index is 0.0922. The van der Waals surface area contributed by atoms with E-state index in [0.717, 1.165) is 12.1 Å². The van der Waals surface area contributed by atoms with Crippen LogP contribution in [0.3, 0.4) is 0 Å². The average Bonchev–Trinajstić information content (AvgIpc) is 2.38. The quantitative estimate of drug-likeness (QED) is 0.889. The van der Waals surface area contributed by atoms with Gasteiger partial charge in [-0.3, -0.25) is 0 Å². The summed E-state index contributed by atoms with van der Waals surface area (Å²) < 4.78 is 42.8. The van der Waals surface area contributed by atoms with Crippen molar-refractivity contribution in [1.29, 1.82) is 0 Å². The number of hydrogen-bond acceptors (Lipinski definition) is 2. The molecule has 0 saturated heterocycles. The summed E-state index contributed by atoms with van der Waals surface area (Å²) in [5.74, 6) is 0.232. The number of phenols is 1. The van der Waals surface area contributed by atoms with Crippen molar-refractivity contribution in [3.63, 3.8) is 0 Å². The third-order valence-electron chi connectivity index (χ3n) is 2.71. The average molecular weight is 268 g/mol. The summed E-state index contributed by atoms with van der Waals surface area (Å²) in [4.78, 5) is 0. The first kappa shape index (κ1) is 13.3. The van der Waals surface area contributed by atoms with Gasteiger partial charge >= 0.3 is 6.18 Å². The maximum absolute atomic E-state index is 12.6. The van der Waals surface area contributed by atoms with Gasteiger partial charge in [-0.15, -0.1) is 0 Å². The van der Waals surface area contributed by atoms with Crippen LogP contribution in [0.5, 0.6) is 11.5 Å². The van der Waals surface area contributed by atoms with Crippen molar-refractivity contribution >= 4 is 0 Å². The predicted molar refractivity (Wildman–Crippen MR) is 65.1 cm³/mol. The second kappa shape index (κ2) is 4.84. The Kier molecular flexibility index (Phi) is 3.38. The van der Waals surface area contributed by atoms with E-state index in [1.54, 1.807) is 12.1 Å². The fourth-order valence-electron chi connectivity index (χ4n) is 1.75. The van der Waals surface area contributed by atoms with E-state index in [0.29, 0.717) is 11.1 Å². The molecule has 0 fully saturated rings. The number of halogens is 3. The Bertz CT molecular complexity index is 574. The highest BCUT2D eigenvalue weighted by atomic mass is 19.4. The van der Waals surface area contributed by atoms with Crippen molar-refractivity contribution in [3.8, 4) is 22.6 Å². The van der Waals surface area contributed by atoms with Crippen LogP contribution in [0.4, 0.5) is 13.2 Å². The smallest absolute Gasteiger partial charge is 0.416 e. The van der Waals surface area contributed by atoms with E-state index in [-0.39, 0.29) is 11.5 Å². The standard InChI is InChI=1S/C14H11F3O2/c1-19-13-8-10(14(15,16)17)4-7-12(13)9-2-5-11(18)6-3-9/h2-8,18H,1H3. The molecule has 0 heterocycles. The first-order valence-corrected chi connectivity index (χ1v) is 5.46. The van der Waals surface area contributed by atoms with E-state index < -0.39 is 11.7 Å². The van der Waals surface area contributed by atoms with Crippen molar-refractivity contribution in [2.45, 2.75) is 6.18 Å². The van der Waals surface area contributed by atoms with Crippen LogP contribution in [-0.2, 0) is 6.18 Å². The molecule has 19 heavy (non-hydrogen) atoms. The fourth-order valence-corrected chi connectivity index (χ4v) is 1.75. The van der Waals surface area contributed by atoms with E-state index in [1.165, 1.54) is 25.3 Å². The van der Waals surface area contributed by atoms with Gasteiger partial charge in [-0.2, -0.15) is 13.2 Å². The number of hydrogen-bond donors (Lipinski definition) is 1. The molecule has 0 aliphatic heterocycles. The number of benzene rings is 2. The molecule has 2 aromatic rings. The fraction of sp³-hybridized carbons (Fsp3) is 0.143. The van der Waals surface area contributed by atoms with Crippen LogP contribution < -0.4 is 4.74 Å². The lowest BCUT2D eigenvalue weighted by atomic mass is 10.0. The summed E-state index contributed by atoms with van der Waals surface area (Å²) in [6.45, 7) is 0. The summed E-state index contributed by atoms with van der Waals surface area (Å²) in [5, 5.41) is 9.20. The van der Waals surface area contributed by atoms with Gasteiger partial charge in [-0.1, -0.05) is 18.2 Å². The minimum Gasteiger partial charge on any atom is -0.508 e. The molecule has 2 nitrogen and oxygen atoms in total. The largest absolute Gasteiger partial charge is 0.508 e. The highest BCUT2D eigenvalue weighted by molar-refractivity contribution is 5.71. The van der Waals surface area contributed by atoms with E-state index in [4.69, 9.17) is 4.74 Å². The van der Waals surface area contributed by atoms with Gasteiger partial charge in [-0.05, 0) is 29.8 Å². The Morgan fingerprint density at radius 2 is 1.63 bits per heavy atom. The van der Waals surface area contributed by atoms with Crippen molar-refractivity contribution in [2.24, 2.45) is 0 Å². The van der Waals surface area contributed by atoms with Gasteiger partial charge in [0.1, 0.15) is 11.5 Å². The minimum atomic E-state index is -4.40. The highest BCUT2D eigenvalue weighted by Crippen LogP contribution is 2.37. The van der Waals surface area contributed by atoms with Gasteiger partial charge in [-0.25, -0.2) is 0 Å². The number of rotatable bonds is 2. The SMILES string of the molecule is COc1cc(C(F)(F)F)ccc1-c1ccc(O)cc1. The van der Waals surface area contributed by atoms with Crippen LogP contribution in [0.1, 0.15) is 5.56 Å². The highest BCUT2D eigenvalue weighted by Gasteiger charge is 2.31. The molecule has 5 heteroatoms. The van der Waals surface area contributed by atoms with Crippen LogP contribution >= 0.6 is 0 Å². The van der Waals surface area contributed by atoms with Gasteiger partial charge in [0.2, 0.25) is 0 Å². The summed E-state index contributed by atoms with van der Waals surface area (Å²) in [6.07, 6.45) is -4.40. The van der Waals surface area contributed by atoms with Crippen LogP contribution in [0.25, 0.3) is 11.1 Å². The van der Waals surface area contributed by atoms with Crippen molar-refractivity contribution in [3.05, 3.63) is 48.0 Å². The number of alkyl halides is 3. The molecular formula is C14H11F3O2. The van der Waals surface area contributed by atoms with Gasteiger partial charge in [0, 0.05) is 5.56 Å². The summed E-state index contributed by atoms with van der Waals surface area (Å²) in [5.41, 5.74) is 0.450. The zero-order valence-corrected chi connectivity index (χ0v) is 10.0. The van der Waals surface area contributed by atoms with Gasteiger partial charge in [0.05, 0.1) is 12.7 Å². The number of ether oxygens (including phenoxy) is 1. The Morgan fingerprint density at radius 3 is 2.16 bits per heavy atom. The maximum Gasteiger partial charge on any atom is 0.416 e. The monoisotopic (exact) mass is 268 g/mol. The Hall–Kier alpha value is -2.17. The zero-order valence-electron chi connectivity index (χ0n) is 10.0. The molecule has 0 aliphatic carbocycles. The first-order valence-electron chi connectivity index (χ1n) is 5.46. The topological polar surface area (TPSA) is 29.5 Å². The number of methoxy groups -OCH3 is 1. The Balaban J connectivity index is 2.50. The second-order valence-corrected chi connectivity index (χ2v) is 3.96. The van der Waals surface area contributed by atoms with Gasteiger partial charge in [0.25, 0.3) is 0 Å². The van der Waals surface area contributed by atoms with E-state index >= 15 is 0 Å². The molecule has 0 spiro atoms. The Morgan fingerprint density at radius 1 is 1.00 bits per heavy atom.